The van der Waals surface area contributed by atoms with Crippen LogP contribution in [-0.4, -0.2) is 43.5 Å². The number of likely N-dealkylation sites (tertiary alicyclic amines) is 1. The van der Waals surface area contributed by atoms with Crippen molar-refractivity contribution < 1.29 is 4.79 Å². The third-order valence-electron chi connectivity index (χ3n) is 5.68. The van der Waals surface area contributed by atoms with Crippen molar-refractivity contribution in [3.8, 4) is 11.1 Å². The Morgan fingerprint density at radius 3 is 2.87 bits per heavy atom. The predicted octanol–water partition coefficient (Wildman–Crippen LogP) is 4.12. The second-order valence-corrected chi connectivity index (χ2v) is 7.89. The quantitative estimate of drug-likeness (QED) is 0.522. The lowest BCUT2D eigenvalue weighted by atomic mass is 9.96. The van der Waals surface area contributed by atoms with Gasteiger partial charge >= 0.3 is 0 Å². The van der Waals surface area contributed by atoms with Crippen LogP contribution in [-0.2, 0) is 0 Å². The minimum atomic E-state index is 0.0889. The molecule has 4 aromatic rings. The van der Waals surface area contributed by atoms with Crippen LogP contribution in [0.3, 0.4) is 0 Å². The van der Waals surface area contributed by atoms with Gasteiger partial charge in [-0.3, -0.25) is 9.78 Å². The van der Waals surface area contributed by atoms with Gasteiger partial charge in [-0.15, -0.1) is 0 Å². The predicted molar refractivity (Wildman–Crippen MR) is 115 cm³/mol. The van der Waals surface area contributed by atoms with E-state index in [0.717, 1.165) is 53.1 Å². The van der Waals surface area contributed by atoms with Crippen LogP contribution in [0.15, 0.2) is 67.1 Å². The molecule has 1 saturated heterocycles. The molecule has 30 heavy (non-hydrogen) atoms. The Kier molecular flexibility index (Phi) is 4.75. The number of carbonyl (C=O) groups is 1. The molecule has 0 aliphatic carbocycles. The number of carbonyl (C=O) groups excluding carboxylic acids is 1. The highest BCUT2D eigenvalue weighted by Crippen LogP contribution is 2.27. The molecular formula is C24H23N5O. The lowest BCUT2D eigenvalue weighted by Crippen LogP contribution is -2.39. The molecule has 1 atom stereocenters. The maximum atomic E-state index is 13.0. The van der Waals surface area contributed by atoms with E-state index in [-0.39, 0.29) is 11.8 Å². The molecule has 0 saturated carbocycles. The number of hydrogen-bond donors (Lipinski definition) is 0. The molecule has 1 aliphatic rings. The van der Waals surface area contributed by atoms with E-state index in [1.165, 1.54) is 0 Å². The lowest BCUT2D eigenvalue weighted by Gasteiger charge is -2.31. The smallest absolute Gasteiger partial charge is 0.253 e. The van der Waals surface area contributed by atoms with E-state index >= 15 is 0 Å². The van der Waals surface area contributed by atoms with E-state index in [1.54, 1.807) is 6.20 Å². The van der Waals surface area contributed by atoms with Gasteiger partial charge in [0.05, 0.1) is 0 Å². The van der Waals surface area contributed by atoms with Crippen LogP contribution in [0.25, 0.3) is 16.8 Å². The largest absolute Gasteiger partial charge is 0.338 e. The summed E-state index contributed by atoms with van der Waals surface area (Å²) in [5, 5.41) is 4.75. The van der Waals surface area contributed by atoms with Gasteiger partial charge in [-0.1, -0.05) is 23.8 Å². The standard InChI is InChI=1S/C24H23N5O/c1-17-5-2-6-18(13-17)24(30)28-12-4-8-21(15-28)23-26-22-10-9-20(16-29(22)27-23)19-7-3-11-25-14-19/h2-3,5-7,9-11,13-14,16,21H,4,8,12,15H2,1H3/t21-/m0/s1. The topological polar surface area (TPSA) is 63.4 Å². The van der Waals surface area contributed by atoms with Crippen LogP contribution >= 0.6 is 0 Å². The minimum absolute atomic E-state index is 0.0889. The second kappa shape index (κ2) is 7.71. The first kappa shape index (κ1) is 18.5. The third kappa shape index (κ3) is 3.56. The van der Waals surface area contributed by atoms with Crippen LogP contribution in [0, 0.1) is 6.92 Å². The van der Waals surface area contributed by atoms with Crippen molar-refractivity contribution in [2.75, 3.05) is 13.1 Å². The van der Waals surface area contributed by atoms with Crippen LogP contribution in [0.1, 0.15) is 40.5 Å². The van der Waals surface area contributed by atoms with E-state index < -0.39 is 0 Å². The first-order valence-electron chi connectivity index (χ1n) is 10.3. The van der Waals surface area contributed by atoms with Gasteiger partial charge in [0.15, 0.2) is 11.5 Å². The van der Waals surface area contributed by atoms with Gasteiger partial charge in [-0.25, -0.2) is 9.50 Å². The van der Waals surface area contributed by atoms with Crippen LogP contribution in [0.4, 0.5) is 0 Å². The number of pyridine rings is 2. The zero-order valence-corrected chi connectivity index (χ0v) is 16.9. The molecule has 0 N–H and O–H groups in total. The Hall–Kier alpha value is -3.54. The van der Waals surface area contributed by atoms with Crippen molar-refractivity contribution in [3.63, 3.8) is 0 Å². The van der Waals surface area contributed by atoms with Crippen molar-refractivity contribution in [1.29, 1.82) is 0 Å². The molecule has 0 radical (unpaired) electrons. The molecule has 1 fully saturated rings. The average Bonchev–Trinajstić information content (AvgIpc) is 3.23. The molecule has 150 valence electrons. The highest BCUT2D eigenvalue weighted by atomic mass is 16.2. The summed E-state index contributed by atoms with van der Waals surface area (Å²) >= 11 is 0. The molecule has 1 aromatic carbocycles. The Labute approximate surface area is 175 Å². The SMILES string of the molecule is Cc1cccc(C(=O)N2CCC[C@H](c3nc4ccc(-c5cccnc5)cn4n3)C2)c1. The summed E-state index contributed by atoms with van der Waals surface area (Å²) < 4.78 is 1.83. The van der Waals surface area contributed by atoms with E-state index in [4.69, 9.17) is 10.1 Å². The summed E-state index contributed by atoms with van der Waals surface area (Å²) in [6.45, 7) is 3.44. The number of hydrogen-bond acceptors (Lipinski definition) is 4. The summed E-state index contributed by atoms with van der Waals surface area (Å²) in [5.41, 5.74) is 4.76. The fraction of sp³-hybridized carbons (Fsp3) is 0.250. The summed E-state index contributed by atoms with van der Waals surface area (Å²) in [5.74, 6) is 1.04. The van der Waals surface area contributed by atoms with Crippen molar-refractivity contribution in [1.82, 2.24) is 24.5 Å². The normalized spacial score (nSPS) is 16.7. The summed E-state index contributed by atoms with van der Waals surface area (Å²) in [4.78, 5) is 23.9. The number of aromatic nitrogens is 4. The van der Waals surface area contributed by atoms with E-state index in [1.807, 2.05) is 77.3 Å². The third-order valence-corrected chi connectivity index (χ3v) is 5.68. The van der Waals surface area contributed by atoms with Crippen LogP contribution in [0.5, 0.6) is 0 Å². The molecule has 0 spiro atoms. The van der Waals surface area contributed by atoms with Gasteiger partial charge in [0, 0.05) is 54.3 Å². The maximum absolute atomic E-state index is 13.0. The van der Waals surface area contributed by atoms with Crippen molar-refractivity contribution in [3.05, 3.63) is 84.1 Å². The van der Waals surface area contributed by atoms with Crippen molar-refractivity contribution in [2.45, 2.75) is 25.7 Å². The molecule has 4 heterocycles. The van der Waals surface area contributed by atoms with E-state index in [9.17, 15) is 4.79 Å². The minimum Gasteiger partial charge on any atom is -0.338 e. The highest BCUT2D eigenvalue weighted by Gasteiger charge is 2.28. The molecule has 6 heteroatoms. The number of nitrogens with zero attached hydrogens (tertiary/aromatic N) is 5. The number of rotatable bonds is 3. The summed E-state index contributed by atoms with van der Waals surface area (Å²) in [6.07, 6.45) is 7.54. The van der Waals surface area contributed by atoms with Gasteiger partial charge in [-0.2, -0.15) is 5.10 Å². The fourth-order valence-corrected chi connectivity index (χ4v) is 4.11. The van der Waals surface area contributed by atoms with Crippen LogP contribution < -0.4 is 0 Å². The average molecular weight is 397 g/mol. The second-order valence-electron chi connectivity index (χ2n) is 7.89. The first-order chi connectivity index (χ1) is 14.7. The maximum Gasteiger partial charge on any atom is 0.253 e. The number of aryl methyl sites for hydroxylation is 1. The van der Waals surface area contributed by atoms with Gasteiger partial charge in [0.2, 0.25) is 0 Å². The molecule has 3 aromatic heterocycles. The molecule has 1 aliphatic heterocycles. The van der Waals surface area contributed by atoms with Gasteiger partial charge in [-0.05, 0) is 50.1 Å². The summed E-state index contributed by atoms with van der Waals surface area (Å²) in [6, 6.07) is 15.8. The number of fused-ring (bicyclic) bond motifs is 1. The lowest BCUT2D eigenvalue weighted by molar-refractivity contribution is 0.0704. The Morgan fingerprint density at radius 2 is 2.03 bits per heavy atom. The molecule has 0 bridgehead atoms. The first-order valence-corrected chi connectivity index (χ1v) is 10.3. The Bertz CT molecular complexity index is 1200. The zero-order chi connectivity index (χ0) is 20.5. The van der Waals surface area contributed by atoms with Crippen molar-refractivity contribution in [2.24, 2.45) is 0 Å². The van der Waals surface area contributed by atoms with Gasteiger partial charge in [0.1, 0.15) is 0 Å². The van der Waals surface area contributed by atoms with E-state index in [0.29, 0.717) is 6.54 Å². The van der Waals surface area contributed by atoms with Gasteiger partial charge < -0.3 is 4.90 Å². The Morgan fingerprint density at radius 1 is 1.10 bits per heavy atom. The van der Waals surface area contributed by atoms with Crippen LogP contribution in [0.2, 0.25) is 0 Å². The Balaban J connectivity index is 1.39. The fourth-order valence-electron chi connectivity index (χ4n) is 4.11. The highest BCUT2D eigenvalue weighted by molar-refractivity contribution is 5.94. The molecular weight excluding hydrogens is 374 g/mol. The number of benzene rings is 1. The van der Waals surface area contributed by atoms with Gasteiger partial charge in [0.25, 0.3) is 5.91 Å². The molecule has 0 unspecified atom stereocenters. The monoisotopic (exact) mass is 397 g/mol. The number of amides is 1. The zero-order valence-electron chi connectivity index (χ0n) is 16.9. The molecule has 6 nitrogen and oxygen atoms in total. The molecule has 1 amide bonds. The number of piperidine rings is 1. The van der Waals surface area contributed by atoms with E-state index in [2.05, 4.69) is 4.98 Å². The van der Waals surface area contributed by atoms with Crippen molar-refractivity contribution >= 4 is 11.6 Å². The molecule has 5 rings (SSSR count). The summed E-state index contributed by atoms with van der Waals surface area (Å²) in [7, 11) is 0.